The summed E-state index contributed by atoms with van der Waals surface area (Å²) in [5.41, 5.74) is 1.24. The zero-order valence-electron chi connectivity index (χ0n) is 13.3. The highest BCUT2D eigenvalue weighted by Gasteiger charge is 2.26. The summed E-state index contributed by atoms with van der Waals surface area (Å²) in [6, 6.07) is 4.50. The lowest BCUT2D eigenvalue weighted by Crippen LogP contribution is -2.49. The fraction of sp³-hybridized carbons (Fsp3) is 0.529. The molecule has 124 valence electrons. The van der Waals surface area contributed by atoms with Crippen LogP contribution in [0.1, 0.15) is 37.7 Å². The third-order valence-corrected chi connectivity index (χ3v) is 4.82. The van der Waals surface area contributed by atoms with Crippen LogP contribution in [-0.2, 0) is 4.79 Å². The molecule has 2 heterocycles. The van der Waals surface area contributed by atoms with Crippen LogP contribution in [-0.4, -0.2) is 43.0 Å². The van der Waals surface area contributed by atoms with Crippen molar-refractivity contribution >= 4 is 17.6 Å². The third kappa shape index (κ3) is 3.37. The van der Waals surface area contributed by atoms with Crippen LogP contribution in [0.25, 0.3) is 0 Å². The lowest BCUT2D eigenvalue weighted by molar-refractivity contribution is -0.120. The van der Waals surface area contributed by atoms with Crippen LogP contribution in [0.15, 0.2) is 18.2 Å². The number of rotatable bonds is 3. The molecule has 2 aliphatic rings. The fourth-order valence-electron chi connectivity index (χ4n) is 3.39. The van der Waals surface area contributed by atoms with Crippen LogP contribution in [0.4, 0.5) is 14.9 Å². The molecule has 0 radical (unpaired) electrons. The SMILES string of the molecule is CCN1CCC(c2ccc(N3CCC(=O)NC3=O)cc2F)CC1. The van der Waals surface area contributed by atoms with Crippen molar-refractivity contribution in [1.82, 2.24) is 10.2 Å². The zero-order chi connectivity index (χ0) is 16.4. The number of carbonyl (C=O) groups is 2. The maximum atomic E-state index is 14.5. The second-order valence-electron chi connectivity index (χ2n) is 6.17. The average Bonchev–Trinajstić information content (AvgIpc) is 2.55. The molecule has 3 rings (SSSR count). The van der Waals surface area contributed by atoms with Crippen LogP contribution in [0.5, 0.6) is 0 Å². The first-order chi connectivity index (χ1) is 11.1. The van der Waals surface area contributed by atoms with Gasteiger partial charge in [0.15, 0.2) is 0 Å². The standard InChI is InChI=1S/C17H22FN3O2/c1-2-20-8-5-12(6-9-20)14-4-3-13(11-15(14)18)21-10-7-16(22)19-17(21)23/h3-4,11-12H,2,5-10H2,1H3,(H,19,22,23). The molecule has 0 atom stereocenters. The van der Waals surface area contributed by atoms with Gasteiger partial charge in [0, 0.05) is 18.7 Å². The minimum atomic E-state index is -0.482. The first-order valence-electron chi connectivity index (χ1n) is 8.21. The van der Waals surface area contributed by atoms with E-state index in [0.29, 0.717) is 12.2 Å². The number of nitrogens with one attached hydrogen (secondary N) is 1. The number of likely N-dealkylation sites (tertiary alicyclic amines) is 1. The van der Waals surface area contributed by atoms with Gasteiger partial charge in [-0.05, 0) is 56.1 Å². The second-order valence-corrected chi connectivity index (χ2v) is 6.17. The summed E-state index contributed by atoms with van der Waals surface area (Å²) in [7, 11) is 0. The van der Waals surface area contributed by atoms with Crippen LogP contribution < -0.4 is 10.2 Å². The monoisotopic (exact) mass is 319 g/mol. The van der Waals surface area contributed by atoms with E-state index < -0.39 is 6.03 Å². The van der Waals surface area contributed by atoms with E-state index in [1.54, 1.807) is 12.1 Å². The van der Waals surface area contributed by atoms with Gasteiger partial charge in [0.25, 0.3) is 0 Å². The van der Waals surface area contributed by atoms with Crippen molar-refractivity contribution in [2.45, 2.75) is 32.1 Å². The Morgan fingerprint density at radius 1 is 1.22 bits per heavy atom. The zero-order valence-corrected chi connectivity index (χ0v) is 13.3. The highest BCUT2D eigenvalue weighted by molar-refractivity contribution is 6.05. The molecule has 6 heteroatoms. The molecule has 0 bridgehead atoms. The summed E-state index contributed by atoms with van der Waals surface area (Å²) in [5, 5.41) is 2.26. The largest absolute Gasteiger partial charge is 0.328 e. The molecular weight excluding hydrogens is 297 g/mol. The molecule has 1 aromatic rings. The molecule has 3 amide bonds. The maximum Gasteiger partial charge on any atom is 0.328 e. The van der Waals surface area contributed by atoms with Crippen LogP contribution >= 0.6 is 0 Å². The van der Waals surface area contributed by atoms with Gasteiger partial charge in [0.2, 0.25) is 5.91 Å². The van der Waals surface area contributed by atoms with E-state index >= 15 is 0 Å². The van der Waals surface area contributed by atoms with E-state index in [-0.39, 0.29) is 24.1 Å². The Labute approximate surface area is 135 Å². The van der Waals surface area contributed by atoms with E-state index in [2.05, 4.69) is 17.1 Å². The van der Waals surface area contributed by atoms with Crippen molar-refractivity contribution < 1.29 is 14.0 Å². The first kappa shape index (κ1) is 15.9. The average molecular weight is 319 g/mol. The van der Waals surface area contributed by atoms with Crippen molar-refractivity contribution in [3.63, 3.8) is 0 Å². The molecule has 0 aliphatic carbocycles. The number of carbonyl (C=O) groups excluding carboxylic acids is 2. The maximum absolute atomic E-state index is 14.5. The summed E-state index contributed by atoms with van der Waals surface area (Å²) in [5.74, 6) is -0.309. The Hall–Kier alpha value is -1.95. The minimum Gasteiger partial charge on any atom is -0.304 e. The molecule has 0 unspecified atom stereocenters. The molecule has 2 fully saturated rings. The number of hydrogen-bond acceptors (Lipinski definition) is 3. The van der Waals surface area contributed by atoms with Gasteiger partial charge in [-0.25, -0.2) is 9.18 Å². The molecule has 0 saturated carbocycles. The molecule has 2 saturated heterocycles. The molecule has 1 aromatic carbocycles. The van der Waals surface area contributed by atoms with Crippen molar-refractivity contribution in [2.75, 3.05) is 31.1 Å². The van der Waals surface area contributed by atoms with Crippen molar-refractivity contribution in [1.29, 1.82) is 0 Å². The molecule has 0 spiro atoms. The summed E-state index contributed by atoms with van der Waals surface area (Å²) in [6.07, 6.45) is 2.16. The van der Waals surface area contributed by atoms with Gasteiger partial charge in [-0.15, -0.1) is 0 Å². The Kier molecular flexibility index (Phi) is 4.61. The lowest BCUT2D eigenvalue weighted by Gasteiger charge is -2.32. The normalized spacial score (nSPS) is 20.7. The van der Waals surface area contributed by atoms with Crippen LogP contribution in [0.2, 0.25) is 0 Å². The summed E-state index contributed by atoms with van der Waals surface area (Å²) in [4.78, 5) is 26.8. The molecule has 1 N–H and O–H groups in total. The number of hydrogen-bond donors (Lipinski definition) is 1. The topological polar surface area (TPSA) is 52.6 Å². The smallest absolute Gasteiger partial charge is 0.304 e. The molecule has 23 heavy (non-hydrogen) atoms. The quantitative estimate of drug-likeness (QED) is 0.931. The Morgan fingerprint density at radius 3 is 2.57 bits per heavy atom. The minimum absolute atomic E-state index is 0.239. The molecule has 0 aromatic heterocycles. The Balaban J connectivity index is 1.73. The molecule has 2 aliphatic heterocycles. The van der Waals surface area contributed by atoms with Gasteiger partial charge < -0.3 is 4.90 Å². The lowest BCUT2D eigenvalue weighted by atomic mass is 9.89. The highest BCUT2D eigenvalue weighted by Crippen LogP contribution is 2.32. The number of nitrogens with zero attached hydrogens (tertiary/aromatic N) is 2. The number of urea groups is 1. The van der Waals surface area contributed by atoms with Gasteiger partial charge in [-0.3, -0.25) is 15.0 Å². The number of amides is 3. The van der Waals surface area contributed by atoms with Crippen molar-refractivity contribution in [3.05, 3.63) is 29.6 Å². The summed E-state index contributed by atoms with van der Waals surface area (Å²) >= 11 is 0. The number of halogens is 1. The summed E-state index contributed by atoms with van der Waals surface area (Å²) < 4.78 is 14.5. The number of imide groups is 1. The van der Waals surface area contributed by atoms with Gasteiger partial charge in [0.05, 0.1) is 0 Å². The highest BCUT2D eigenvalue weighted by atomic mass is 19.1. The predicted molar refractivity (Wildman–Crippen MR) is 86.0 cm³/mol. The van der Waals surface area contributed by atoms with E-state index in [0.717, 1.165) is 38.0 Å². The van der Waals surface area contributed by atoms with E-state index in [1.165, 1.54) is 11.0 Å². The third-order valence-electron chi connectivity index (χ3n) is 4.82. The van der Waals surface area contributed by atoms with Crippen LogP contribution in [0.3, 0.4) is 0 Å². The van der Waals surface area contributed by atoms with Crippen molar-refractivity contribution in [3.8, 4) is 0 Å². The van der Waals surface area contributed by atoms with Gasteiger partial charge >= 0.3 is 6.03 Å². The second kappa shape index (κ2) is 6.66. The van der Waals surface area contributed by atoms with Gasteiger partial charge in [0.1, 0.15) is 5.82 Å². The summed E-state index contributed by atoms with van der Waals surface area (Å²) in [6.45, 7) is 5.47. The van der Waals surface area contributed by atoms with E-state index in [4.69, 9.17) is 0 Å². The van der Waals surface area contributed by atoms with E-state index in [1.807, 2.05) is 0 Å². The number of anilines is 1. The molecular formula is C17H22FN3O2. The number of piperidine rings is 1. The van der Waals surface area contributed by atoms with E-state index in [9.17, 15) is 14.0 Å². The van der Waals surface area contributed by atoms with Gasteiger partial charge in [-0.2, -0.15) is 0 Å². The molecule has 5 nitrogen and oxygen atoms in total. The number of benzene rings is 1. The van der Waals surface area contributed by atoms with Crippen molar-refractivity contribution in [2.24, 2.45) is 0 Å². The Bertz CT molecular complexity index is 612. The van der Waals surface area contributed by atoms with Crippen LogP contribution in [0, 0.1) is 5.82 Å². The predicted octanol–water partition coefficient (Wildman–Crippen LogP) is 2.47. The fourth-order valence-corrected chi connectivity index (χ4v) is 3.39. The Morgan fingerprint density at radius 2 is 1.96 bits per heavy atom. The first-order valence-corrected chi connectivity index (χ1v) is 8.21. The van der Waals surface area contributed by atoms with Gasteiger partial charge in [-0.1, -0.05) is 13.0 Å².